The smallest absolute Gasteiger partial charge is 0.326 e. The number of carbonyl (C=O) groups excluding carboxylic acids is 1. The largest absolute Gasteiger partial charge is 0.480 e. The number of hydrogen-bond acceptors (Lipinski definition) is 4. The highest BCUT2D eigenvalue weighted by atomic mass is 35.5. The molecule has 1 fully saturated rings. The molecule has 1 aliphatic heterocycles. The number of halogens is 1. The van der Waals surface area contributed by atoms with Crippen LogP contribution >= 0.6 is 11.6 Å². The molecule has 2 N–H and O–H groups in total. The standard InChI is InChI=1S/C11H11ClN2O4/c12-8-1-2-13-4-7(8)10(16)14-5-6(15)3-9(14)11(17)18/h1-2,4,6,9,15H,3,5H2,(H,17,18)/t6-,9-/m0/s1. The molecule has 0 aliphatic carbocycles. The van der Waals surface area contributed by atoms with Gasteiger partial charge in [0.1, 0.15) is 6.04 Å². The zero-order valence-electron chi connectivity index (χ0n) is 9.28. The molecule has 1 amide bonds. The Bertz CT molecular complexity index is 494. The number of carboxylic acid groups (broad SMARTS) is 1. The van der Waals surface area contributed by atoms with Gasteiger partial charge in [-0.2, -0.15) is 0 Å². The number of aliphatic hydroxyl groups is 1. The van der Waals surface area contributed by atoms with Gasteiger partial charge in [-0.15, -0.1) is 0 Å². The molecule has 0 saturated carbocycles. The van der Waals surface area contributed by atoms with Gasteiger partial charge in [0.25, 0.3) is 5.91 Å². The lowest BCUT2D eigenvalue weighted by Crippen LogP contribution is -2.40. The lowest BCUT2D eigenvalue weighted by atomic mass is 10.2. The van der Waals surface area contributed by atoms with Gasteiger partial charge >= 0.3 is 5.97 Å². The predicted octanol–water partition coefficient (Wildman–Crippen LogP) is 0.395. The van der Waals surface area contributed by atoms with E-state index >= 15 is 0 Å². The lowest BCUT2D eigenvalue weighted by molar-refractivity contribution is -0.141. The van der Waals surface area contributed by atoms with Gasteiger partial charge in [-0.1, -0.05) is 11.6 Å². The molecule has 1 aromatic rings. The topological polar surface area (TPSA) is 90.7 Å². The molecule has 1 aliphatic rings. The minimum Gasteiger partial charge on any atom is -0.480 e. The average Bonchev–Trinajstić information content (AvgIpc) is 2.71. The summed E-state index contributed by atoms with van der Waals surface area (Å²) in [6.07, 6.45) is 1.92. The monoisotopic (exact) mass is 270 g/mol. The second-order valence-corrected chi connectivity index (χ2v) is 4.46. The van der Waals surface area contributed by atoms with Gasteiger partial charge in [0.15, 0.2) is 0 Å². The summed E-state index contributed by atoms with van der Waals surface area (Å²) in [5.74, 6) is -1.67. The summed E-state index contributed by atoms with van der Waals surface area (Å²) in [5, 5.41) is 18.7. The number of hydrogen-bond donors (Lipinski definition) is 2. The van der Waals surface area contributed by atoms with Crippen LogP contribution in [0.5, 0.6) is 0 Å². The van der Waals surface area contributed by atoms with Crippen molar-refractivity contribution < 1.29 is 19.8 Å². The van der Waals surface area contributed by atoms with Crippen molar-refractivity contribution in [2.45, 2.75) is 18.6 Å². The number of likely N-dealkylation sites (tertiary alicyclic amines) is 1. The molecule has 0 radical (unpaired) electrons. The number of aromatic nitrogens is 1. The van der Waals surface area contributed by atoms with Crippen LogP contribution in [-0.4, -0.2) is 50.7 Å². The van der Waals surface area contributed by atoms with Crippen LogP contribution in [0.1, 0.15) is 16.8 Å². The van der Waals surface area contributed by atoms with Crippen LogP contribution in [0.2, 0.25) is 5.02 Å². The highest BCUT2D eigenvalue weighted by Gasteiger charge is 2.39. The molecule has 18 heavy (non-hydrogen) atoms. The van der Waals surface area contributed by atoms with Crippen LogP contribution in [0.15, 0.2) is 18.5 Å². The van der Waals surface area contributed by atoms with Gasteiger partial charge in [0.2, 0.25) is 0 Å². The molecule has 1 saturated heterocycles. The van der Waals surface area contributed by atoms with Crippen LogP contribution < -0.4 is 0 Å². The Kier molecular flexibility index (Phi) is 3.49. The van der Waals surface area contributed by atoms with Crippen molar-refractivity contribution in [3.05, 3.63) is 29.0 Å². The summed E-state index contributed by atoms with van der Waals surface area (Å²) >= 11 is 5.86. The fourth-order valence-electron chi connectivity index (χ4n) is 1.96. The van der Waals surface area contributed by atoms with Crippen molar-refractivity contribution in [3.8, 4) is 0 Å². The van der Waals surface area contributed by atoms with Crippen molar-refractivity contribution >= 4 is 23.5 Å². The zero-order valence-corrected chi connectivity index (χ0v) is 10.0. The minimum atomic E-state index is -1.14. The quantitative estimate of drug-likeness (QED) is 0.811. The van der Waals surface area contributed by atoms with Crippen LogP contribution in [0.25, 0.3) is 0 Å². The number of carboxylic acids is 1. The first-order valence-electron chi connectivity index (χ1n) is 5.32. The van der Waals surface area contributed by atoms with Crippen molar-refractivity contribution in [2.75, 3.05) is 6.54 Å². The molecule has 2 atom stereocenters. The third-order valence-corrected chi connectivity index (χ3v) is 3.15. The highest BCUT2D eigenvalue weighted by molar-refractivity contribution is 6.33. The van der Waals surface area contributed by atoms with E-state index in [4.69, 9.17) is 16.7 Å². The maximum Gasteiger partial charge on any atom is 0.326 e. The molecule has 0 unspecified atom stereocenters. The van der Waals surface area contributed by atoms with Crippen molar-refractivity contribution in [2.24, 2.45) is 0 Å². The average molecular weight is 271 g/mol. The summed E-state index contributed by atoms with van der Waals surface area (Å²) in [4.78, 5) is 28.1. The fraction of sp³-hybridized carbons (Fsp3) is 0.364. The van der Waals surface area contributed by atoms with Gasteiger partial charge in [-0.05, 0) is 6.07 Å². The molecule has 1 aromatic heterocycles. The Hall–Kier alpha value is -1.66. The Morgan fingerprint density at radius 1 is 1.50 bits per heavy atom. The molecule has 0 spiro atoms. The Balaban J connectivity index is 2.28. The number of pyridine rings is 1. The Morgan fingerprint density at radius 3 is 2.83 bits per heavy atom. The maximum atomic E-state index is 12.2. The summed E-state index contributed by atoms with van der Waals surface area (Å²) in [5.41, 5.74) is 0.138. The highest BCUT2D eigenvalue weighted by Crippen LogP contribution is 2.23. The first-order chi connectivity index (χ1) is 8.50. The van der Waals surface area contributed by atoms with Gasteiger partial charge in [-0.25, -0.2) is 4.79 Å². The van der Waals surface area contributed by atoms with Gasteiger partial charge in [-0.3, -0.25) is 9.78 Å². The normalized spacial score (nSPS) is 23.1. The van der Waals surface area contributed by atoms with Crippen LogP contribution in [-0.2, 0) is 4.79 Å². The number of carbonyl (C=O) groups is 2. The number of rotatable bonds is 2. The summed E-state index contributed by atoms with van der Waals surface area (Å²) in [6, 6.07) is 0.431. The zero-order chi connectivity index (χ0) is 13.3. The van der Waals surface area contributed by atoms with E-state index in [2.05, 4.69) is 4.98 Å². The van der Waals surface area contributed by atoms with E-state index in [9.17, 15) is 14.7 Å². The molecule has 6 nitrogen and oxygen atoms in total. The first-order valence-corrected chi connectivity index (χ1v) is 5.70. The van der Waals surface area contributed by atoms with Gasteiger partial charge in [0.05, 0.1) is 16.7 Å². The lowest BCUT2D eigenvalue weighted by Gasteiger charge is -2.21. The predicted molar refractivity (Wildman–Crippen MR) is 62.3 cm³/mol. The van der Waals surface area contributed by atoms with Crippen molar-refractivity contribution in [1.82, 2.24) is 9.88 Å². The summed E-state index contributed by atoms with van der Waals surface area (Å²) < 4.78 is 0. The number of β-amino-alcohol motifs (C(OH)–C–C–N with tert-alkyl or cyclic N) is 1. The van der Waals surface area contributed by atoms with E-state index in [-0.39, 0.29) is 23.6 Å². The Morgan fingerprint density at radius 2 is 2.22 bits per heavy atom. The SMILES string of the molecule is O=C(O)[C@@H]1C[C@H](O)CN1C(=O)c1cnccc1Cl. The molecule has 0 bridgehead atoms. The fourth-order valence-corrected chi connectivity index (χ4v) is 2.15. The molecule has 2 rings (SSSR count). The van der Waals surface area contributed by atoms with Crippen LogP contribution in [0.4, 0.5) is 0 Å². The van der Waals surface area contributed by atoms with E-state index in [1.54, 1.807) is 0 Å². The molecule has 96 valence electrons. The van der Waals surface area contributed by atoms with Gasteiger partial charge in [0, 0.05) is 25.4 Å². The first kappa shape index (κ1) is 12.8. The summed E-state index contributed by atoms with van der Waals surface area (Å²) in [6.45, 7) is -0.0129. The molecular weight excluding hydrogens is 260 g/mol. The molecule has 7 heteroatoms. The molecule has 2 heterocycles. The third-order valence-electron chi connectivity index (χ3n) is 2.82. The number of nitrogens with zero attached hydrogens (tertiary/aromatic N) is 2. The van der Waals surface area contributed by atoms with Crippen LogP contribution in [0, 0.1) is 0 Å². The second-order valence-electron chi connectivity index (χ2n) is 4.06. The number of aliphatic hydroxyl groups excluding tert-OH is 1. The minimum absolute atomic E-state index is 0.0129. The van der Waals surface area contributed by atoms with Crippen LogP contribution in [0.3, 0.4) is 0 Å². The van der Waals surface area contributed by atoms with Gasteiger partial charge < -0.3 is 15.1 Å². The molecular formula is C11H11ClN2O4. The molecule has 0 aromatic carbocycles. The van der Waals surface area contributed by atoms with E-state index in [0.29, 0.717) is 0 Å². The summed E-state index contributed by atoms with van der Waals surface area (Å²) in [7, 11) is 0. The third kappa shape index (κ3) is 2.30. The maximum absolute atomic E-state index is 12.2. The second kappa shape index (κ2) is 4.91. The van der Waals surface area contributed by atoms with E-state index in [1.807, 2.05) is 0 Å². The van der Waals surface area contributed by atoms with E-state index in [1.165, 1.54) is 18.5 Å². The van der Waals surface area contributed by atoms with Crippen molar-refractivity contribution in [1.29, 1.82) is 0 Å². The Labute approximate surface area is 108 Å². The number of amides is 1. The van der Waals surface area contributed by atoms with E-state index in [0.717, 1.165) is 4.90 Å². The van der Waals surface area contributed by atoms with Crippen molar-refractivity contribution in [3.63, 3.8) is 0 Å². The number of aliphatic carboxylic acids is 1. The van der Waals surface area contributed by atoms with E-state index < -0.39 is 24.0 Å².